The van der Waals surface area contributed by atoms with Crippen LogP contribution in [0.25, 0.3) is 0 Å². The number of hydrogen-bond donors (Lipinski definition) is 2. The molecular formula is C14H22N2O3. The Morgan fingerprint density at radius 1 is 1.32 bits per heavy atom. The molecule has 0 spiro atoms. The molecule has 0 aliphatic rings. The van der Waals surface area contributed by atoms with Crippen LogP contribution in [0.2, 0.25) is 0 Å². The van der Waals surface area contributed by atoms with Gasteiger partial charge in [0.2, 0.25) is 5.91 Å². The van der Waals surface area contributed by atoms with E-state index in [9.17, 15) is 4.79 Å². The topological polar surface area (TPSA) is 73.6 Å². The third-order valence-electron chi connectivity index (χ3n) is 2.93. The summed E-state index contributed by atoms with van der Waals surface area (Å²) in [7, 11) is 3.14. The Labute approximate surface area is 114 Å². The van der Waals surface area contributed by atoms with Gasteiger partial charge in [0.25, 0.3) is 0 Å². The Bertz CT molecular complexity index is 421. The molecule has 0 saturated carbocycles. The molecule has 5 heteroatoms. The molecule has 0 bridgehead atoms. The molecule has 1 atom stereocenters. The summed E-state index contributed by atoms with van der Waals surface area (Å²) in [5.41, 5.74) is 6.22. The molecular weight excluding hydrogens is 244 g/mol. The summed E-state index contributed by atoms with van der Waals surface area (Å²) in [4.78, 5) is 11.8. The highest BCUT2D eigenvalue weighted by Gasteiger charge is 2.08. The first-order chi connectivity index (χ1) is 9.10. The number of amides is 1. The van der Waals surface area contributed by atoms with Gasteiger partial charge in [-0.3, -0.25) is 4.79 Å². The van der Waals surface area contributed by atoms with Crippen molar-refractivity contribution >= 4 is 11.6 Å². The first-order valence-corrected chi connectivity index (χ1v) is 6.32. The number of ether oxygens (including phenoxy) is 2. The van der Waals surface area contributed by atoms with Gasteiger partial charge in [-0.1, -0.05) is 6.92 Å². The van der Waals surface area contributed by atoms with Crippen LogP contribution in [0.4, 0.5) is 5.69 Å². The van der Waals surface area contributed by atoms with Crippen LogP contribution in [0.1, 0.15) is 19.8 Å². The van der Waals surface area contributed by atoms with E-state index in [1.165, 1.54) is 0 Å². The van der Waals surface area contributed by atoms with Gasteiger partial charge in [-0.15, -0.1) is 0 Å². The summed E-state index contributed by atoms with van der Waals surface area (Å²) in [6.45, 7) is 2.63. The highest BCUT2D eigenvalue weighted by atomic mass is 16.5. The van der Waals surface area contributed by atoms with Gasteiger partial charge >= 0.3 is 0 Å². The Hall–Kier alpha value is -1.75. The first-order valence-electron chi connectivity index (χ1n) is 6.32. The zero-order chi connectivity index (χ0) is 14.3. The Balaban J connectivity index is 2.59. The van der Waals surface area contributed by atoms with Gasteiger partial charge in [-0.05, 0) is 31.0 Å². The van der Waals surface area contributed by atoms with Gasteiger partial charge < -0.3 is 20.5 Å². The summed E-state index contributed by atoms with van der Waals surface area (Å²) in [6.07, 6.45) is 1.25. The van der Waals surface area contributed by atoms with Gasteiger partial charge in [0.1, 0.15) is 0 Å². The molecule has 1 unspecified atom stereocenters. The van der Waals surface area contributed by atoms with Crippen LogP contribution in [-0.2, 0) is 4.79 Å². The van der Waals surface area contributed by atoms with E-state index in [-0.39, 0.29) is 5.91 Å². The Kier molecular flexibility index (Phi) is 6.15. The first kappa shape index (κ1) is 15.3. The van der Waals surface area contributed by atoms with Gasteiger partial charge in [0.15, 0.2) is 11.5 Å². The minimum absolute atomic E-state index is 0.0208. The number of nitrogens with two attached hydrogens (primary N) is 1. The standard InChI is InChI=1S/C14H22N2O3/c1-10(9-15)4-7-14(17)16-11-5-6-12(18-2)13(8-11)19-3/h5-6,8,10H,4,7,9,15H2,1-3H3,(H,16,17). The van der Waals surface area contributed by atoms with Gasteiger partial charge in [-0.25, -0.2) is 0 Å². The van der Waals surface area contributed by atoms with Crippen molar-refractivity contribution in [3.63, 3.8) is 0 Å². The number of nitrogens with one attached hydrogen (secondary N) is 1. The van der Waals surface area contributed by atoms with Crippen LogP contribution in [0.15, 0.2) is 18.2 Å². The lowest BCUT2D eigenvalue weighted by atomic mass is 10.1. The summed E-state index contributed by atoms with van der Waals surface area (Å²) in [5.74, 6) is 1.57. The van der Waals surface area contributed by atoms with E-state index in [0.717, 1.165) is 6.42 Å². The summed E-state index contributed by atoms with van der Waals surface area (Å²) < 4.78 is 10.3. The van der Waals surface area contributed by atoms with Gasteiger partial charge in [0.05, 0.1) is 14.2 Å². The molecule has 1 aromatic carbocycles. The van der Waals surface area contributed by atoms with Crippen LogP contribution >= 0.6 is 0 Å². The molecule has 0 saturated heterocycles. The van der Waals surface area contributed by atoms with Crippen molar-refractivity contribution in [2.24, 2.45) is 11.7 Å². The van der Waals surface area contributed by atoms with Crippen molar-refractivity contribution in [1.29, 1.82) is 0 Å². The molecule has 0 fully saturated rings. The van der Waals surface area contributed by atoms with E-state index >= 15 is 0 Å². The molecule has 0 aromatic heterocycles. The fourth-order valence-electron chi connectivity index (χ4n) is 1.63. The second-order valence-corrected chi connectivity index (χ2v) is 4.50. The number of carbonyl (C=O) groups is 1. The van der Waals surface area contributed by atoms with Gasteiger partial charge in [-0.2, -0.15) is 0 Å². The van der Waals surface area contributed by atoms with Crippen LogP contribution in [0.5, 0.6) is 11.5 Å². The zero-order valence-electron chi connectivity index (χ0n) is 11.7. The molecule has 0 radical (unpaired) electrons. The Morgan fingerprint density at radius 2 is 2.00 bits per heavy atom. The summed E-state index contributed by atoms with van der Waals surface area (Å²) in [5, 5.41) is 2.83. The molecule has 0 aliphatic heterocycles. The maximum Gasteiger partial charge on any atom is 0.224 e. The quantitative estimate of drug-likeness (QED) is 0.792. The lowest BCUT2D eigenvalue weighted by Crippen LogP contribution is -2.16. The highest BCUT2D eigenvalue weighted by Crippen LogP contribution is 2.29. The molecule has 1 aromatic rings. The van der Waals surface area contributed by atoms with E-state index in [0.29, 0.717) is 36.1 Å². The van der Waals surface area contributed by atoms with E-state index in [2.05, 4.69) is 5.32 Å². The molecule has 1 rings (SSSR count). The smallest absolute Gasteiger partial charge is 0.224 e. The highest BCUT2D eigenvalue weighted by molar-refractivity contribution is 5.91. The Morgan fingerprint density at radius 3 is 2.58 bits per heavy atom. The monoisotopic (exact) mass is 266 g/mol. The molecule has 1 amide bonds. The van der Waals surface area contributed by atoms with Crippen molar-refractivity contribution in [2.75, 3.05) is 26.1 Å². The third-order valence-corrected chi connectivity index (χ3v) is 2.93. The normalized spacial score (nSPS) is 11.8. The number of rotatable bonds is 7. The van der Waals surface area contributed by atoms with Crippen LogP contribution in [0, 0.1) is 5.92 Å². The lowest BCUT2D eigenvalue weighted by molar-refractivity contribution is -0.116. The average Bonchev–Trinajstić information content (AvgIpc) is 2.44. The van der Waals surface area contributed by atoms with Crippen molar-refractivity contribution in [2.45, 2.75) is 19.8 Å². The van der Waals surface area contributed by atoms with Crippen molar-refractivity contribution in [1.82, 2.24) is 0 Å². The second-order valence-electron chi connectivity index (χ2n) is 4.50. The number of carbonyl (C=O) groups excluding carboxylic acids is 1. The predicted octanol–water partition coefficient (Wildman–Crippen LogP) is 2.02. The maximum absolute atomic E-state index is 11.8. The van der Waals surface area contributed by atoms with E-state index in [1.807, 2.05) is 6.92 Å². The van der Waals surface area contributed by atoms with E-state index < -0.39 is 0 Å². The summed E-state index contributed by atoms with van der Waals surface area (Å²) in [6, 6.07) is 5.28. The fraction of sp³-hybridized carbons (Fsp3) is 0.500. The summed E-state index contributed by atoms with van der Waals surface area (Å²) >= 11 is 0. The van der Waals surface area contributed by atoms with Crippen LogP contribution in [-0.4, -0.2) is 26.7 Å². The van der Waals surface area contributed by atoms with Gasteiger partial charge in [0, 0.05) is 18.2 Å². The molecule has 0 aliphatic carbocycles. The lowest BCUT2D eigenvalue weighted by Gasteiger charge is -2.11. The number of hydrogen-bond acceptors (Lipinski definition) is 4. The van der Waals surface area contributed by atoms with Crippen molar-refractivity contribution in [3.05, 3.63) is 18.2 Å². The van der Waals surface area contributed by atoms with Crippen molar-refractivity contribution < 1.29 is 14.3 Å². The average molecular weight is 266 g/mol. The fourth-order valence-corrected chi connectivity index (χ4v) is 1.63. The minimum atomic E-state index is -0.0208. The van der Waals surface area contributed by atoms with Crippen LogP contribution in [0.3, 0.4) is 0 Å². The zero-order valence-corrected chi connectivity index (χ0v) is 11.7. The number of benzene rings is 1. The second kappa shape index (κ2) is 7.63. The SMILES string of the molecule is COc1ccc(NC(=O)CCC(C)CN)cc1OC. The van der Waals surface area contributed by atoms with E-state index in [4.69, 9.17) is 15.2 Å². The third kappa shape index (κ3) is 4.79. The van der Waals surface area contributed by atoms with E-state index in [1.54, 1.807) is 32.4 Å². The van der Waals surface area contributed by atoms with Crippen molar-refractivity contribution in [3.8, 4) is 11.5 Å². The number of anilines is 1. The largest absolute Gasteiger partial charge is 0.493 e. The minimum Gasteiger partial charge on any atom is -0.493 e. The number of methoxy groups -OCH3 is 2. The van der Waals surface area contributed by atoms with Crippen LogP contribution < -0.4 is 20.5 Å². The molecule has 3 N–H and O–H groups in total. The molecule has 19 heavy (non-hydrogen) atoms. The molecule has 0 heterocycles. The molecule has 106 valence electrons. The predicted molar refractivity (Wildman–Crippen MR) is 75.6 cm³/mol. The molecule has 5 nitrogen and oxygen atoms in total. The maximum atomic E-state index is 11.8.